The normalized spacial score (nSPS) is 29.7. The van der Waals surface area contributed by atoms with Crippen molar-refractivity contribution in [2.24, 2.45) is 0 Å². The van der Waals surface area contributed by atoms with Crippen molar-refractivity contribution in [1.29, 1.82) is 0 Å². The molecule has 0 bridgehead atoms. The van der Waals surface area contributed by atoms with Crippen molar-refractivity contribution in [3.8, 4) is 0 Å². The molecule has 7 heteroatoms. The molecule has 1 rings (SSSR count). The number of allylic oxidation sites excluding steroid dienone is 2. The SMILES string of the molecule is CCOS1(C(F)(F)F)C=CC=C1C(=O)O. The van der Waals surface area contributed by atoms with E-state index >= 15 is 0 Å². The van der Waals surface area contributed by atoms with Gasteiger partial charge in [-0.25, -0.2) is 4.79 Å². The van der Waals surface area contributed by atoms with Gasteiger partial charge in [0.15, 0.2) is 0 Å². The molecule has 0 saturated carbocycles. The summed E-state index contributed by atoms with van der Waals surface area (Å²) in [5.74, 6) is -1.60. The first-order chi connectivity index (χ1) is 6.85. The highest BCUT2D eigenvalue weighted by atomic mass is 32.3. The van der Waals surface area contributed by atoms with Crippen LogP contribution in [0.15, 0.2) is 22.5 Å². The molecular weight excluding hydrogens is 233 g/mol. The second-order valence-corrected chi connectivity index (χ2v) is 5.23. The largest absolute Gasteiger partial charge is 0.477 e. The van der Waals surface area contributed by atoms with E-state index in [0.717, 1.165) is 17.6 Å². The lowest BCUT2D eigenvalue weighted by atomic mass is 10.5. The Kier molecular flexibility index (Phi) is 3.15. The number of alkyl halides is 3. The predicted molar refractivity (Wildman–Crippen MR) is 50.1 cm³/mol. The molecule has 1 N–H and O–H groups in total. The predicted octanol–water partition coefficient (Wildman–Crippen LogP) is 2.76. The third-order valence-electron chi connectivity index (χ3n) is 1.70. The quantitative estimate of drug-likeness (QED) is 0.827. The van der Waals surface area contributed by atoms with E-state index in [1.54, 1.807) is 0 Å². The zero-order valence-electron chi connectivity index (χ0n) is 7.75. The first-order valence-corrected chi connectivity index (χ1v) is 5.63. The molecular formula is C8H9F3O3S. The molecule has 0 aromatic carbocycles. The summed E-state index contributed by atoms with van der Waals surface area (Å²) in [5.41, 5.74) is -4.69. The van der Waals surface area contributed by atoms with Crippen LogP contribution >= 0.6 is 10.3 Å². The van der Waals surface area contributed by atoms with Crippen LogP contribution in [0.2, 0.25) is 0 Å². The monoisotopic (exact) mass is 242 g/mol. The molecule has 0 aliphatic carbocycles. The van der Waals surface area contributed by atoms with Gasteiger partial charge < -0.3 is 9.29 Å². The molecule has 1 atom stereocenters. The first kappa shape index (κ1) is 12.1. The molecule has 86 valence electrons. The average Bonchev–Trinajstić information content (AvgIpc) is 2.48. The summed E-state index contributed by atoms with van der Waals surface area (Å²) in [5, 5.41) is 9.46. The Morgan fingerprint density at radius 3 is 2.60 bits per heavy atom. The summed E-state index contributed by atoms with van der Waals surface area (Å²) in [7, 11) is -3.79. The Labute approximate surface area is 85.7 Å². The standard InChI is InChI=1S/C8H9F3O3S/c1-2-14-15(8(9,10)11)5-3-4-6(15)7(12)13/h3-5H,2H2,1H3,(H,12,13). The van der Waals surface area contributed by atoms with Crippen LogP contribution in [-0.2, 0) is 8.98 Å². The van der Waals surface area contributed by atoms with Crippen LogP contribution in [0.4, 0.5) is 13.2 Å². The lowest BCUT2D eigenvalue weighted by Crippen LogP contribution is -2.24. The minimum atomic E-state index is -4.69. The second-order valence-electron chi connectivity index (χ2n) is 2.62. The molecule has 0 radical (unpaired) electrons. The van der Waals surface area contributed by atoms with Gasteiger partial charge in [0.25, 0.3) is 0 Å². The lowest BCUT2D eigenvalue weighted by molar-refractivity contribution is -0.132. The minimum absolute atomic E-state index is 0.191. The third-order valence-corrected chi connectivity index (χ3v) is 4.50. The van der Waals surface area contributed by atoms with Gasteiger partial charge in [-0.1, -0.05) is 6.08 Å². The zero-order chi connectivity index (χ0) is 11.7. The molecule has 1 unspecified atom stereocenters. The van der Waals surface area contributed by atoms with Crippen molar-refractivity contribution in [3.05, 3.63) is 22.5 Å². The van der Waals surface area contributed by atoms with E-state index < -0.39 is 26.7 Å². The van der Waals surface area contributed by atoms with Crippen LogP contribution in [0, 0.1) is 0 Å². The summed E-state index contributed by atoms with van der Waals surface area (Å²) < 4.78 is 43.0. The van der Waals surface area contributed by atoms with Crippen molar-refractivity contribution in [2.45, 2.75) is 12.4 Å². The van der Waals surface area contributed by atoms with Crippen LogP contribution in [0.3, 0.4) is 0 Å². The van der Waals surface area contributed by atoms with E-state index in [1.807, 2.05) is 0 Å². The summed E-state index contributed by atoms with van der Waals surface area (Å²) in [6.45, 7) is 1.20. The fourth-order valence-corrected chi connectivity index (χ4v) is 3.27. The first-order valence-electron chi connectivity index (χ1n) is 4.01. The number of hydrogen-bond donors (Lipinski definition) is 1. The van der Waals surface area contributed by atoms with Crippen LogP contribution < -0.4 is 0 Å². The summed E-state index contributed by atoms with van der Waals surface area (Å²) in [4.78, 5) is 9.95. The fraction of sp³-hybridized carbons (Fsp3) is 0.375. The second kappa shape index (κ2) is 3.90. The molecule has 0 aromatic heterocycles. The minimum Gasteiger partial charge on any atom is -0.477 e. The summed E-state index contributed by atoms with van der Waals surface area (Å²) in [6.07, 6.45) is 2.00. The van der Waals surface area contributed by atoms with Gasteiger partial charge in [0.1, 0.15) is 4.91 Å². The van der Waals surface area contributed by atoms with Crippen LogP contribution in [0.25, 0.3) is 0 Å². The average molecular weight is 242 g/mol. The van der Waals surface area contributed by atoms with Crippen LogP contribution in [0.5, 0.6) is 0 Å². The maximum absolute atomic E-state index is 12.8. The molecule has 3 nitrogen and oxygen atoms in total. The van der Waals surface area contributed by atoms with Gasteiger partial charge in [0.2, 0.25) is 0 Å². The maximum atomic E-state index is 12.8. The number of carboxylic acids is 1. The summed E-state index contributed by atoms with van der Waals surface area (Å²) in [6, 6.07) is 0. The number of aliphatic carboxylic acids is 1. The van der Waals surface area contributed by atoms with E-state index in [0.29, 0.717) is 0 Å². The molecule has 0 amide bonds. The summed E-state index contributed by atoms with van der Waals surface area (Å²) >= 11 is 0. The van der Waals surface area contributed by atoms with Crippen LogP contribution in [-0.4, -0.2) is 23.2 Å². The van der Waals surface area contributed by atoms with Crippen molar-refractivity contribution in [3.63, 3.8) is 0 Å². The highest BCUT2D eigenvalue weighted by molar-refractivity contribution is 8.36. The number of carboxylic acid groups (broad SMARTS) is 1. The van der Waals surface area contributed by atoms with E-state index in [9.17, 15) is 18.0 Å². The molecule has 1 heterocycles. The van der Waals surface area contributed by atoms with E-state index in [-0.39, 0.29) is 6.61 Å². The Morgan fingerprint density at radius 1 is 1.60 bits per heavy atom. The van der Waals surface area contributed by atoms with E-state index in [2.05, 4.69) is 4.18 Å². The third kappa shape index (κ3) is 1.89. The van der Waals surface area contributed by atoms with Gasteiger partial charge in [-0.3, -0.25) is 0 Å². The van der Waals surface area contributed by atoms with Crippen molar-refractivity contribution in [1.82, 2.24) is 0 Å². The number of hydrogen-bond acceptors (Lipinski definition) is 2. The van der Waals surface area contributed by atoms with Gasteiger partial charge in [-0.15, -0.1) is 0 Å². The molecule has 0 saturated heterocycles. The van der Waals surface area contributed by atoms with Gasteiger partial charge in [0, 0.05) is 10.3 Å². The Morgan fingerprint density at radius 2 is 2.20 bits per heavy atom. The maximum Gasteiger partial charge on any atom is 0.454 e. The number of halogens is 3. The van der Waals surface area contributed by atoms with E-state index in [4.69, 9.17) is 5.11 Å². The smallest absolute Gasteiger partial charge is 0.454 e. The highest BCUT2D eigenvalue weighted by Crippen LogP contribution is 2.71. The van der Waals surface area contributed by atoms with E-state index in [1.165, 1.54) is 6.92 Å². The molecule has 0 spiro atoms. The fourth-order valence-electron chi connectivity index (χ4n) is 1.17. The van der Waals surface area contributed by atoms with Crippen molar-refractivity contribution in [2.75, 3.05) is 6.61 Å². The zero-order valence-corrected chi connectivity index (χ0v) is 8.56. The molecule has 0 fully saturated rings. The van der Waals surface area contributed by atoms with Gasteiger partial charge in [-0.05, 0) is 18.4 Å². The molecule has 1 aliphatic rings. The lowest BCUT2D eigenvalue weighted by Gasteiger charge is -2.35. The number of rotatable bonds is 3. The Hall–Kier alpha value is -0.950. The number of carbonyl (C=O) groups is 1. The Balaban J connectivity index is 3.18. The molecule has 0 aromatic rings. The van der Waals surface area contributed by atoms with Crippen molar-refractivity contribution < 1.29 is 27.3 Å². The highest BCUT2D eigenvalue weighted by Gasteiger charge is 2.55. The topological polar surface area (TPSA) is 46.5 Å². The molecule has 1 aliphatic heterocycles. The van der Waals surface area contributed by atoms with Gasteiger partial charge in [0.05, 0.1) is 6.61 Å². The molecule has 15 heavy (non-hydrogen) atoms. The van der Waals surface area contributed by atoms with Crippen LogP contribution in [0.1, 0.15) is 6.92 Å². The van der Waals surface area contributed by atoms with Crippen molar-refractivity contribution >= 4 is 16.3 Å². The Bertz CT molecular complexity index is 335. The van der Waals surface area contributed by atoms with Gasteiger partial charge in [-0.2, -0.15) is 13.2 Å². The van der Waals surface area contributed by atoms with Gasteiger partial charge >= 0.3 is 11.5 Å².